The molecule has 0 radical (unpaired) electrons. The van der Waals surface area contributed by atoms with E-state index in [1.807, 2.05) is 6.07 Å². The molecule has 1 aliphatic rings. The zero-order valence-electron chi connectivity index (χ0n) is 19.0. The maximum Gasteiger partial charge on any atom is 0.326 e. The molecule has 0 bridgehead atoms. The van der Waals surface area contributed by atoms with Crippen LogP contribution < -0.4 is 22.1 Å². The van der Waals surface area contributed by atoms with E-state index in [0.717, 1.165) is 5.56 Å². The summed E-state index contributed by atoms with van der Waals surface area (Å²) in [6.07, 6.45) is 2.81. The van der Waals surface area contributed by atoms with Crippen LogP contribution in [0.3, 0.4) is 0 Å². The van der Waals surface area contributed by atoms with Crippen LogP contribution in [0.4, 0.5) is 0 Å². The number of likely N-dealkylation sites (tertiary alicyclic amines) is 1. The molecule has 7 N–H and O–H groups in total. The summed E-state index contributed by atoms with van der Waals surface area (Å²) in [5.41, 5.74) is 12.0. The summed E-state index contributed by atoms with van der Waals surface area (Å²) in [5, 5.41) is 14.9. The summed E-state index contributed by atoms with van der Waals surface area (Å²) < 4.78 is 0. The zero-order valence-corrected chi connectivity index (χ0v) is 19.0. The quantitative estimate of drug-likeness (QED) is 0.267. The van der Waals surface area contributed by atoms with Gasteiger partial charge in [-0.3, -0.25) is 14.4 Å². The van der Waals surface area contributed by atoms with Gasteiger partial charge in [-0.05, 0) is 51.1 Å². The minimum absolute atomic E-state index is 0.116. The monoisotopic (exact) mass is 461 g/mol. The molecule has 1 heterocycles. The maximum atomic E-state index is 13.0. The van der Waals surface area contributed by atoms with E-state index in [2.05, 4.69) is 10.6 Å². The fourth-order valence-corrected chi connectivity index (χ4v) is 3.92. The molecule has 10 nitrogen and oxygen atoms in total. The van der Waals surface area contributed by atoms with Gasteiger partial charge in [0.05, 0.1) is 6.04 Å². The van der Waals surface area contributed by atoms with Gasteiger partial charge in [-0.25, -0.2) is 4.79 Å². The van der Waals surface area contributed by atoms with Crippen molar-refractivity contribution in [3.63, 3.8) is 0 Å². The van der Waals surface area contributed by atoms with Gasteiger partial charge in [-0.2, -0.15) is 0 Å². The Morgan fingerprint density at radius 1 is 1.12 bits per heavy atom. The minimum atomic E-state index is -1.16. The van der Waals surface area contributed by atoms with Gasteiger partial charge in [0, 0.05) is 13.0 Å². The Morgan fingerprint density at radius 3 is 2.42 bits per heavy atom. The van der Waals surface area contributed by atoms with E-state index in [1.54, 1.807) is 31.2 Å². The Labute approximate surface area is 194 Å². The Hall–Kier alpha value is -2.98. The molecule has 4 unspecified atom stereocenters. The lowest BCUT2D eigenvalue weighted by molar-refractivity contribution is -0.143. The van der Waals surface area contributed by atoms with Gasteiger partial charge >= 0.3 is 5.97 Å². The molecule has 1 aromatic rings. The first-order valence-electron chi connectivity index (χ1n) is 11.4. The Morgan fingerprint density at radius 2 is 1.82 bits per heavy atom. The predicted octanol–water partition coefficient (Wildman–Crippen LogP) is -0.249. The second kappa shape index (κ2) is 12.9. The number of aliphatic carboxylic acids is 1. The number of carbonyl (C=O) groups excluding carboxylic acids is 3. The first-order chi connectivity index (χ1) is 15.7. The van der Waals surface area contributed by atoms with Crippen molar-refractivity contribution in [2.75, 3.05) is 13.1 Å². The molecule has 1 aromatic carbocycles. The summed E-state index contributed by atoms with van der Waals surface area (Å²) in [4.78, 5) is 51.5. The molecule has 33 heavy (non-hydrogen) atoms. The molecule has 2 rings (SSSR count). The van der Waals surface area contributed by atoms with E-state index < -0.39 is 42.0 Å². The molecular formula is C23H35N5O5. The average Bonchev–Trinajstić information content (AvgIpc) is 3.28. The number of rotatable bonds is 12. The van der Waals surface area contributed by atoms with Crippen LogP contribution in [0, 0.1) is 0 Å². The van der Waals surface area contributed by atoms with E-state index in [1.165, 1.54) is 4.90 Å². The number of unbranched alkanes of at least 4 members (excludes halogenated alkanes) is 1. The lowest BCUT2D eigenvalue weighted by atomic mass is 10.0. The molecule has 4 atom stereocenters. The third kappa shape index (κ3) is 7.83. The van der Waals surface area contributed by atoms with Gasteiger partial charge in [-0.15, -0.1) is 0 Å². The number of nitrogens with one attached hydrogen (secondary N) is 2. The van der Waals surface area contributed by atoms with E-state index in [-0.39, 0.29) is 12.3 Å². The molecule has 0 spiro atoms. The molecule has 0 saturated carbocycles. The third-order valence-corrected chi connectivity index (χ3v) is 5.71. The predicted molar refractivity (Wildman–Crippen MR) is 123 cm³/mol. The van der Waals surface area contributed by atoms with Crippen molar-refractivity contribution in [1.29, 1.82) is 0 Å². The Kier molecular flexibility index (Phi) is 10.3. The fourth-order valence-electron chi connectivity index (χ4n) is 3.92. The fraction of sp³-hybridized carbons (Fsp3) is 0.565. The number of hydrogen-bond acceptors (Lipinski definition) is 6. The Balaban J connectivity index is 2.09. The van der Waals surface area contributed by atoms with Crippen molar-refractivity contribution < 1.29 is 24.3 Å². The number of carboxylic acids is 1. The van der Waals surface area contributed by atoms with Gasteiger partial charge in [-0.1, -0.05) is 30.3 Å². The maximum absolute atomic E-state index is 13.0. The molecule has 0 aromatic heterocycles. The van der Waals surface area contributed by atoms with Crippen LogP contribution in [0.1, 0.15) is 44.6 Å². The molecular weight excluding hydrogens is 426 g/mol. The highest BCUT2D eigenvalue weighted by Crippen LogP contribution is 2.19. The summed E-state index contributed by atoms with van der Waals surface area (Å²) in [6, 6.07) is 5.48. The summed E-state index contributed by atoms with van der Waals surface area (Å²) in [6.45, 7) is 2.44. The van der Waals surface area contributed by atoms with Crippen molar-refractivity contribution in [3.05, 3.63) is 35.9 Å². The smallest absolute Gasteiger partial charge is 0.326 e. The van der Waals surface area contributed by atoms with Gasteiger partial charge in [0.15, 0.2) is 0 Å². The van der Waals surface area contributed by atoms with Crippen molar-refractivity contribution >= 4 is 23.7 Å². The lowest BCUT2D eigenvalue weighted by Gasteiger charge is -2.28. The highest BCUT2D eigenvalue weighted by molar-refractivity contribution is 5.94. The van der Waals surface area contributed by atoms with Crippen LogP contribution in [0.5, 0.6) is 0 Å². The SMILES string of the molecule is CC(N)C(=O)N1CCCC1C(=O)NC(CCCCN)C(=O)NC(Cc1ccccc1)C(=O)O. The number of carbonyl (C=O) groups is 4. The summed E-state index contributed by atoms with van der Waals surface area (Å²) in [5.74, 6) is -2.49. The molecule has 3 amide bonds. The number of carboxylic acid groups (broad SMARTS) is 1. The highest BCUT2D eigenvalue weighted by Gasteiger charge is 2.37. The van der Waals surface area contributed by atoms with Crippen LogP contribution in [0.2, 0.25) is 0 Å². The molecule has 10 heteroatoms. The number of amides is 3. The first-order valence-corrected chi connectivity index (χ1v) is 11.4. The van der Waals surface area contributed by atoms with Crippen molar-refractivity contribution in [3.8, 4) is 0 Å². The summed E-state index contributed by atoms with van der Waals surface area (Å²) >= 11 is 0. The third-order valence-electron chi connectivity index (χ3n) is 5.71. The second-order valence-electron chi connectivity index (χ2n) is 8.41. The molecule has 1 saturated heterocycles. The molecule has 1 aliphatic heterocycles. The van der Waals surface area contributed by atoms with Crippen LogP contribution in [0.15, 0.2) is 30.3 Å². The summed E-state index contributed by atoms with van der Waals surface area (Å²) in [7, 11) is 0. The molecule has 0 aliphatic carbocycles. The number of hydrogen-bond donors (Lipinski definition) is 5. The molecule has 1 fully saturated rings. The van der Waals surface area contributed by atoms with Gasteiger partial charge in [0.25, 0.3) is 0 Å². The van der Waals surface area contributed by atoms with Crippen LogP contribution in [0.25, 0.3) is 0 Å². The number of nitrogens with two attached hydrogens (primary N) is 2. The van der Waals surface area contributed by atoms with Crippen LogP contribution in [-0.2, 0) is 25.6 Å². The first kappa shape index (κ1) is 26.3. The standard InChI is InChI=1S/C23H35N5O5/c1-15(25)22(31)28-13-7-11-19(28)21(30)26-17(10-5-6-12-24)20(29)27-18(23(32)33)14-16-8-3-2-4-9-16/h2-4,8-9,15,17-19H,5-7,10-14,24-25H2,1H3,(H,26,30)(H,27,29)(H,32,33). The van der Waals surface area contributed by atoms with Crippen LogP contribution in [-0.4, -0.2) is 71.0 Å². The van der Waals surface area contributed by atoms with Gasteiger partial charge < -0.3 is 32.1 Å². The highest BCUT2D eigenvalue weighted by atomic mass is 16.4. The number of nitrogens with zero attached hydrogens (tertiary/aromatic N) is 1. The Bertz CT molecular complexity index is 817. The van der Waals surface area contributed by atoms with Crippen molar-refractivity contribution in [1.82, 2.24) is 15.5 Å². The van der Waals surface area contributed by atoms with Crippen molar-refractivity contribution in [2.24, 2.45) is 11.5 Å². The van der Waals surface area contributed by atoms with Crippen LogP contribution >= 0.6 is 0 Å². The lowest BCUT2D eigenvalue weighted by Crippen LogP contribution is -2.56. The van der Waals surface area contributed by atoms with E-state index in [4.69, 9.17) is 11.5 Å². The zero-order chi connectivity index (χ0) is 24.4. The second-order valence-corrected chi connectivity index (χ2v) is 8.41. The van der Waals surface area contributed by atoms with E-state index in [0.29, 0.717) is 45.2 Å². The van der Waals surface area contributed by atoms with E-state index >= 15 is 0 Å². The van der Waals surface area contributed by atoms with Gasteiger partial charge in [0.2, 0.25) is 17.7 Å². The normalized spacial score (nSPS) is 18.3. The molecule has 182 valence electrons. The topological polar surface area (TPSA) is 168 Å². The minimum Gasteiger partial charge on any atom is -0.480 e. The average molecular weight is 462 g/mol. The number of benzene rings is 1. The van der Waals surface area contributed by atoms with Gasteiger partial charge in [0.1, 0.15) is 18.1 Å². The van der Waals surface area contributed by atoms with E-state index in [9.17, 15) is 24.3 Å². The largest absolute Gasteiger partial charge is 0.480 e. The van der Waals surface area contributed by atoms with Crippen molar-refractivity contribution in [2.45, 2.75) is 69.6 Å².